The van der Waals surface area contributed by atoms with E-state index in [-0.39, 0.29) is 5.78 Å². The van der Waals surface area contributed by atoms with Crippen LogP contribution < -0.4 is 0 Å². The van der Waals surface area contributed by atoms with Gasteiger partial charge in [0, 0.05) is 13.8 Å². The summed E-state index contributed by atoms with van der Waals surface area (Å²) >= 11 is 0. The molecule has 0 unspecified atom stereocenters. The van der Waals surface area contributed by atoms with Crippen molar-refractivity contribution in [2.24, 2.45) is 0 Å². The summed E-state index contributed by atoms with van der Waals surface area (Å²) in [6.45, 7) is 3.16. The normalized spacial score (nSPS) is 9.56. The number of hydrogen-bond acceptors (Lipinski definition) is 3. The summed E-state index contributed by atoms with van der Waals surface area (Å²) in [4.78, 5) is 14.3. The highest BCUT2D eigenvalue weighted by Gasteiger charge is 2.02. The fraction of sp³-hybridized carbons (Fsp3) is 0.333. The molecule has 1 aromatic rings. The number of rotatable bonds is 1. The number of hydrogen-bond donors (Lipinski definition) is 0. The Kier molecular flexibility index (Phi) is 1.34. The predicted octanol–water partition coefficient (Wildman–Crippen LogP) is 1.19. The molecule has 48 valence electrons. The molecule has 0 saturated carbocycles. The van der Waals surface area contributed by atoms with Crippen LogP contribution in [0.3, 0.4) is 0 Å². The lowest BCUT2D eigenvalue weighted by atomic mass is 10.3. The quantitative estimate of drug-likeness (QED) is 0.529. The maximum atomic E-state index is 10.5. The summed E-state index contributed by atoms with van der Waals surface area (Å²) in [7, 11) is 0. The predicted molar refractivity (Wildman–Crippen MR) is 31.2 cm³/mol. The van der Waals surface area contributed by atoms with Crippen molar-refractivity contribution >= 4 is 5.78 Å². The number of carbonyl (C=O) groups is 1. The summed E-state index contributed by atoms with van der Waals surface area (Å²) < 4.78 is 4.79. The Hall–Kier alpha value is -1.12. The van der Waals surface area contributed by atoms with Crippen LogP contribution in [0.2, 0.25) is 0 Å². The van der Waals surface area contributed by atoms with Crippen molar-refractivity contribution in [3.8, 4) is 0 Å². The highest BCUT2D eigenvalue weighted by molar-refractivity contribution is 5.91. The monoisotopic (exact) mass is 125 g/mol. The second kappa shape index (κ2) is 2.01. The van der Waals surface area contributed by atoms with E-state index in [1.54, 1.807) is 6.92 Å². The molecule has 0 spiro atoms. The molecule has 0 amide bonds. The summed E-state index contributed by atoms with van der Waals surface area (Å²) in [5.41, 5.74) is 0.396. The van der Waals surface area contributed by atoms with Gasteiger partial charge >= 0.3 is 0 Å². The van der Waals surface area contributed by atoms with Crippen LogP contribution in [0.4, 0.5) is 0 Å². The van der Waals surface area contributed by atoms with Gasteiger partial charge in [0.15, 0.2) is 11.7 Å². The minimum atomic E-state index is -0.0631. The average Bonchev–Trinajstić information content (AvgIpc) is 2.14. The fourth-order valence-corrected chi connectivity index (χ4v) is 0.525. The largest absolute Gasteiger partial charge is 0.449 e. The minimum Gasteiger partial charge on any atom is -0.449 e. The Morgan fingerprint density at radius 2 is 2.44 bits per heavy atom. The molecule has 1 aromatic heterocycles. The van der Waals surface area contributed by atoms with Crippen LogP contribution in [0.1, 0.15) is 23.3 Å². The fourth-order valence-electron chi connectivity index (χ4n) is 0.525. The first-order chi connectivity index (χ1) is 4.20. The smallest absolute Gasteiger partial charge is 0.191 e. The number of aromatic nitrogens is 1. The minimum absolute atomic E-state index is 0.0631. The van der Waals surface area contributed by atoms with Gasteiger partial charge in [-0.05, 0) is 0 Å². The first kappa shape index (κ1) is 6.01. The van der Waals surface area contributed by atoms with Gasteiger partial charge in [0.1, 0.15) is 12.0 Å². The number of nitrogens with zero attached hydrogens (tertiary/aromatic N) is 1. The van der Waals surface area contributed by atoms with Crippen molar-refractivity contribution in [1.29, 1.82) is 0 Å². The third-order valence-electron chi connectivity index (χ3n) is 0.980. The van der Waals surface area contributed by atoms with E-state index >= 15 is 0 Å². The van der Waals surface area contributed by atoms with E-state index in [1.807, 2.05) is 0 Å². The Morgan fingerprint density at radius 3 is 2.67 bits per heavy atom. The molecule has 0 aliphatic heterocycles. The van der Waals surface area contributed by atoms with Crippen LogP contribution in [0.15, 0.2) is 10.7 Å². The van der Waals surface area contributed by atoms with Crippen LogP contribution in [-0.2, 0) is 0 Å². The van der Waals surface area contributed by atoms with Crippen LogP contribution in [0.5, 0.6) is 0 Å². The van der Waals surface area contributed by atoms with Crippen LogP contribution in [0, 0.1) is 6.92 Å². The van der Waals surface area contributed by atoms with E-state index in [2.05, 4.69) is 4.98 Å². The number of oxazole rings is 1. The van der Waals surface area contributed by atoms with Gasteiger partial charge in [-0.2, -0.15) is 0 Å². The molecule has 3 heteroatoms. The van der Waals surface area contributed by atoms with Crippen molar-refractivity contribution in [3.05, 3.63) is 17.8 Å². The van der Waals surface area contributed by atoms with Crippen LogP contribution in [0.25, 0.3) is 0 Å². The zero-order valence-corrected chi connectivity index (χ0v) is 5.34. The van der Waals surface area contributed by atoms with Gasteiger partial charge in [0.2, 0.25) is 0 Å². The van der Waals surface area contributed by atoms with E-state index in [0.29, 0.717) is 11.6 Å². The van der Waals surface area contributed by atoms with Gasteiger partial charge in [-0.3, -0.25) is 4.79 Å². The Morgan fingerprint density at radius 1 is 1.78 bits per heavy atom. The lowest BCUT2D eigenvalue weighted by molar-refractivity contribution is 0.101. The Balaban J connectivity index is 2.98. The number of Topliss-reactive ketones (excluding diaryl/α,β-unsaturated/α-hetero) is 1. The second-order valence-electron chi connectivity index (χ2n) is 1.81. The van der Waals surface area contributed by atoms with Gasteiger partial charge in [0.25, 0.3) is 0 Å². The lowest BCUT2D eigenvalue weighted by Crippen LogP contribution is -1.90. The highest BCUT2D eigenvalue weighted by atomic mass is 16.3. The van der Waals surface area contributed by atoms with Crippen molar-refractivity contribution in [2.75, 3.05) is 0 Å². The molecule has 0 aromatic carbocycles. The standard InChI is InChI=1S/C6H7NO2/c1-4(8)6-3-9-5(2)7-6/h3H,1-2H3. The van der Waals surface area contributed by atoms with Gasteiger partial charge in [-0.15, -0.1) is 0 Å². The SMILES string of the molecule is CC(=O)c1coc(C)n1. The van der Waals surface area contributed by atoms with E-state index in [0.717, 1.165) is 0 Å². The molecule has 1 rings (SSSR count). The molecule has 0 radical (unpaired) electrons. The number of carbonyl (C=O) groups excluding carboxylic acids is 1. The topological polar surface area (TPSA) is 43.1 Å². The molecule has 0 saturated heterocycles. The van der Waals surface area contributed by atoms with Gasteiger partial charge in [-0.25, -0.2) is 4.98 Å². The van der Waals surface area contributed by atoms with Crippen molar-refractivity contribution in [3.63, 3.8) is 0 Å². The van der Waals surface area contributed by atoms with E-state index in [1.165, 1.54) is 13.2 Å². The molecule has 0 aliphatic rings. The van der Waals surface area contributed by atoms with E-state index in [9.17, 15) is 4.79 Å². The molecular weight excluding hydrogens is 118 g/mol. The summed E-state index contributed by atoms with van der Waals surface area (Å²) in [6, 6.07) is 0. The zero-order chi connectivity index (χ0) is 6.85. The number of ketones is 1. The third-order valence-corrected chi connectivity index (χ3v) is 0.980. The maximum absolute atomic E-state index is 10.5. The maximum Gasteiger partial charge on any atom is 0.191 e. The molecule has 0 N–H and O–H groups in total. The van der Waals surface area contributed by atoms with E-state index in [4.69, 9.17) is 4.42 Å². The van der Waals surface area contributed by atoms with Crippen LogP contribution in [-0.4, -0.2) is 10.8 Å². The second-order valence-corrected chi connectivity index (χ2v) is 1.81. The first-order valence-electron chi connectivity index (χ1n) is 2.63. The van der Waals surface area contributed by atoms with Gasteiger partial charge < -0.3 is 4.42 Å². The molecule has 0 atom stereocenters. The molecule has 1 heterocycles. The Labute approximate surface area is 52.7 Å². The average molecular weight is 125 g/mol. The van der Waals surface area contributed by atoms with Crippen LogP contribution >= 0.6 is 0 Å². The molecule has 9 heavy (non-hydrogen) atoms. The third kappa shape index (κ3) is 1.16. The number of aryl methyl sites for hydroxylation is 1. The molecule has 0 fully saturated rings. The summed E-state index contributed by atoms with van der Waals surface area (Å²) in [5.74, 6) is 0.465. The van der Waals surface area contributed by atoms with E-state index < -0.39 is 0 Å². The summed E-state index contributed by atoms with van der Waals surface area (Å²) in [5, 5.41) is 0. The van der Waals surface area contributed by atoms with Crippen molar-refractivity contribution in [2.45, 2.75) is 13.8 Å². The lowest BCUT2D eigenvalue weighted by Gasteiger charge is -1.77. The molecule has 3 nitrogen and oxygen atoms in total. The highest BCUT2D eigenvalue weighted by Crippen LogP contribution is 1.99. The Bertz CT molecular complexity index is 227. The molecule has 0 aliphatic carbocycles. The van der Waals surface area contributed by atoms with Crippen molar-refractivity contribution < 1.29 is 9.21 Å². The van der Waals surface area contributed by atoms with Gasteiger partial charge in [-0.1, -0.05) is 0 Å². The van der Waals surface area contributed by atoms with Crippen molar-refractivity contribution in [1.82, 2.24) is 4.98 Å². The summed E-state index contributed by atoms with van der Waals surface area (Å²) in [6.07, 6.45) is 1.36. The zero-order valence-electron chi connectivity index (χ0n) is 5.34. The molecular formula is C6H7NO2. The van der Waals surface area contributed by atoms with Gasteiger partial charge in [0.05, 0.1) is 0 Å². The molecule has 0 bridgehead atoms. The first-order valence-corrected chi connectivity index (χ1v) is 2.63.